The van der Waals surface area contributed by atoms with Crippen LogP contribution in [-0.4, -0.2) is 51.0 Å². The quantitative estimate of drug-likeness (QED) is 0.394. The van der Waals surface area contributed by atoms with Crippen LogP contribution in [0.15, 0.2) is 36.4 Å². The van der Waals surface area contributed by atoms with Crippen LogP contribution >= 0.6 is 0 Å². The molecule has 2 fully saturated rings. The van der Waals surface area contributed by atoms with Gasteiger partial charge in [0.05, 0.1) is 24.1 Å². The molecule has 0 aliphatic carbocycles. The summed E-state index contributed by atoms with van der Waals surface area (Å²) >= 11 is 0. The summed E-state index contributed by atoms with van der Waals surface area (Å²) in [6.07, 6.45) is 0. The summed E-state index contributed by atoms with van der Waals surface area (Å²) < 4.78 is 0. The van der Waals surface area contributed by atoms with Crippen molar-refractivity contribution in [2.45, 2.75) is 32.4 Å². The van der Waals surface area contributed by atoms with Crippen molar-refractivity contribution in [2.24, 2.45) is 11.8 Å². The zero-order chi connectivity index (χ0) is 24.2. The molecule has 9 heteroatoms. The first-order valence-electron chi connectivity index (χ1n) is 10.4. The highest BCUT2D eigenvalue weighted by atomic mass is 16.4. The van der Waals surface area contributed by atoms with Gasteiger partial charge in [-0.2, -0.15) is 0 Å². The average Bonchev–Trinajstić information content (AvgIpc) is 3.26. The van der Waals surface area contributed by atoms with E-state index in [9.17, 15) is 34.5 Å². The van der Waals surface area contributed by atoms with Crippen molar-refractivity contribution in [1.29, 1.82) is 0 Å². The van der Waals surface area contributed by atoms with E-state index < -0.39 is 47.8 Å². The highest BCUT2D eigenvalue weighted by Gasteiger charge is 2.68. The molecule has 2 aliphatic rings. The second kappa shape index (κ2) is 7.79. The van der Waals surface area contributed by atoms with Gasteiger partial charge in [-0.05, 0) is 61.7 Å². The van der Waals surface area contributed by atoms with Gasteiger partial charge in [0.1, 0.15) is 5.75 Å². The standard InChI is InChI=1S/C24H24N2O7/c1-11-8-15(9-12(2)20(11)29)19-17-18(24(10-27,25-19)23(32)33)22(31)26(21(17)30)16-6-4-14(5-7-16)13(3)28/h4-9,17-19,25,27,29H,10H2,1-3H3,(H,32,33). The van der Waals surface area contributed by atoms with Crippen molar-refractivity contribution >= 4 is 29.3 Å². The van der Waals surface area contributed by atoms with Crippen LogP contribution in [-0.2, 0) is 14.4 Å². The molecule has 2 heterocycles. The number of fused-ring (bicyclic) bond motifs is 1. The number of imide groups is 1. The van der Waals surface area contributed by atoms with Crippen molar-refractivity contribution in [3.63, 3.8) is 0 Å². The van der Waals surface area contributed by atoms with E-state index in [4.69, 9.17) is 0 Å². The molecule has 2 saturated heterocycles. The molecule has 0 spiro atoms. The van der Waals surface area contributed by atoms with E-state index in [1.807, 2.05) is 0 Å². The number of carboxylic acids is 1. The van der Waals surface area contributed by atoms with Crippen LogP contribution in [0.2, 0.25) is 0 Å². The normalized spacial score (nSPS) is 26.5. The minimum Gasteiger partial charge on any atom is -0.507 e. The first kappa shape index (κ1) is 22.6. The molecule has 9 nitrogen and oxygen atoms in total. The number of aryl methyl sites for hydroxylation is 2. The fourth-order valence-electron chi connectivity index (χ4n) is 4.97. The summed E-state index contributed by atoms with van der Waals surface area (Å²) in [5, 5.41) is 33.1. The number of ketones is 1. The maximum atomic E-state index is 13.5. The van der Waals surface area contributed by atoms with Gasteiger partial charge in [0.15, 0.2) is 11.3 Å². The van der Waals surface area contributed by atoms with Crippen LogP contribution in [0.5, 0.6) is 5.75 Å². The number of hydrogen-bond acceptors (Lipinski definition) is 7. The minimum atomic E-state index is -2.06. The highest BCUT2D eigenvalue weighted by molar-refractivity contribution is 6.24. The molecule has 0 saturated carbocycles. The predicted molar refractivity (Wildman–Crippen MR) is 117 cm³/mol. The fourth-order valence-corrected chi connectivity index (χ4v) is 4.97. The summed E-state index contributed by atoms with van der Waals surface area (Å²) in [5.41, 5.74) is 0.170. The molecular weight excluding hydrogens is 428 g/mol. The van der Waals surface area contributed by atoms with Gasteiger partial charge in [0, 0.05) is 11.6 Å². The lowest BCUT2D eigenvalue weighted by Crippen LogP contribution is -2.58. The Hall–Kier alpha value is -3.56. The Morgan fingerprint density at radius 2 is 1.64 bits per heavy atom. The van der Waals surface area contributed by atoms with E-state index in [0.29, 0.717) is 22.3 Å². The van der Waals surface area contributed by atoms with Gasteiger partial charge in [-0.1, -0.05) is 12.1 Å². The Morgan fingerprint density at radius 3 is 2.12 bits per heavy atom. The zero-order valence-electron chi connectivity index (χ0n) is 18.3. The summed E-state index contributed by atoms with van der Waals surface area (Å²) in [6, 6.07) is 8.30. The lowest BCUT2D eigenvalue weighted by atomic mass is 9.79. The molecule has 0 aromatic heterocycles. The van der Waals surface area contributed by atoms with E-state index in [2.05, 4.69) is 5.32 Å². The van der Waals surface area contributed by atoms with Crippen LogP contribution in [0.25, 0.3) is 0 Å². The van der Waals surface area contributed by atoms with Crippen LogP contribution in [0.1, 0.15) is 40.0 Å². The number of amides is 2. The molecule has 2 aromatic carbocycles. The van der Waals surface area contributed by atoms with Gasteiger partial charge >= 0.3 is 5.97 Å². The molecule has 2 aromatic rings. The maximum absolute atomic E-state index is 13.5. The second-order valence-corrected chi connectivity index (χ2v) is 8.68. The molecule has 0 radical (unpaired) electrons. The number of aliphatic hydroxyl groups excluding tert-OH is 1. The lowest BCUT2D eigenvalue weighted by molar-refractivity contribution is -0.150. The van der Waals surface area contributed by atoms with Gasteiger partial charge in [-0.3, -0.25) is 24.5 Å². The number of carbonyl (C=O) groups is 4. The number of Topliss-reactive ketones (excluding diaryl/α,β-unsaturated/α-hetero) is 1. The number of rotatable bonds is 5. The third kappa shape index (κ3) is 3.23. The molecule has 4 rings (SSSR count). The Morgan fingerprint density at radius 1 is 1.06 bits per heavy atom. The van der Waals surface area contributed by atoms with Crippen molar-refractivity contribution in [3.05, 3.63) is 58.7 Å². The first-order valence-corrected chi connectivity index (χ1v) is 10.4. The number of hydrogen-bond donors (Lipinski definition) is 4. The molecule has 172 valence electrons. The van der Waals surface area contributed by atoms with E-state index in [0.717, 1.165) is 4.90 Å². The number of aliphatic hydroxyl groups is 1. The summed E-state index contributed by atoms with van der Waals surface area (Å²) in [4.78, 5) is 51.8. The van der Waals surface area contributed by atoms with Gasteiger partial charge < -0.3 is 15.3 Å². The van der Waals surface area contributed by atoms with Crippen molar-refractivity contribution < 1.29 is 34.5 Å². The molecular formula is C24H24N2O7. The topological polar surface area (TPSA) is 144 Å². The van der Waals surface area contributed by atoms with Gasteiger partial charge in [-0.15, -0.1) is 0 Å². The van der Waals surface area contributed by atoms with Gasteiger partial charge in [0.2, 0.25) is 11.8 Å². The van der Waals surface area contributed by atoms with Crippen LogP contribution in [0.3, 0.4) is 0 Å². The third-order valence-corrected chi connectivity index (χ3v) is 6.69. The second-order valence-electron chi connectivity index (χ2n) is 8.68. The molecule has 33 heavy (non-hydrogen) atoms. The van der Waals surface area contributed by atoms with Crippen molar-refractivity contribution in [1.82, 2.24) is 5.32 Å². The fraction of sp³-hybridized carbons (Fsp3) is 0.333. The summed E-state index contributed by atoms with van der Waals surface area (Å²) in [7, 11) is 0. The van der Waals surface area contributed by atoms with Crippen molar-refractivity contribution in [2.75, 3.05) is 11.5 Å². The Bertz CT molecular complexity index is 1170. The first-order chi connectivity index (χ1) is 15.5. The van der Waals surface area contributed by atoms with Gasteiger partial charge in [-0.25, -0.2) is 4.90 Å². The zero-order valence-corrected chi connectivity index (χ0v) is 18.3. The van der Waals surface area contributed by atoms with E-state index in [1.165, 1.54) is 31.2 Å². The number of anilines is 1. The average molecular weight is 452 g/mol. The maximum Gasteiger partial charge on any atom is 0.327 e. The van der Waals surface area contributed by atoms with Crippen molar-refractivity contribution in [3.8, 4) is 5.75 Å². The number of nitrogens with one attached hydrogen (secondary N) is 1. The Balaban J connectivity index is 1.84. The van der Waals surface area contributed by atoms with Crippen LogP contribution in [0.4, 0.5) is 5.69 Å². The smallest absolute Gasteiger partial charge is 0.327 e. The molecule has 4 N–H and O–H groups in total. The number of benzene rings is 2. The van der Waals surface area contributed by atoms with Gasteiger partial charge in [0.25, 0.3) is 0 Å². The SMILES string of the molecule is CC(=O)c1ccc(N2C(=O)C3C(c4cc(C)c(O)c(C)c4)NC(CO)(C(=O)O)C3C2=O)cc1. The van der Waals surface area contributed by atoms with E-state index >= 15 is 0 Å². The Kier molecular flexibility index (Phi) is 5.34. The number of carboxylic acid groups (broad SMARTS) is 1. The summed E-state index contributed by atoms with van der Waals surface area (Å²) in [5.74, 6) is -5.30. The van der Waals surface area contributed by atoms with E-state index in [1.54, 1.807) is 26.0 Å². The molecule has 4 atom stereocenters. The largest absolute Gasteiger partial charge is 0.507 e. The van der Waals surface area contributed by atoms with Crippen LogP contribution < -0.4 is 10.2 Å². The molecule has 2 amide bonds. The highest BCUT2D eigenvalue weighted by Crippen LogP contribution is 2.50. The summed E-state index contributed by atoms with van der Waals surface area (Å²) in [6.45, 7) is 3.86. The van der Waals surface area contributed by atoms with E-state index in [-0.39, 0.29) is 17.2 Å². The number of nitrogens with zero attached hydrogens (tertiary/aromatic N) is 1. The minimum absolute atomic E-state index is 0.0842. The van der Waals surface area contributed by atoms with Crippen LogP contribution in [0, 0.1) is 25.7 Å². The number of aromatic hydroxyl groups is 1. The Labute approximate surface area is 189 Å². The third-order valence-electron chi connectivity index (χ3n) is 6.69. The molecule has 4 unspecified atom stereocenters. The lowest BCUT2D eigenvalue weighted by Gasteiger charge is -2.29. The number of phenols is 1. The number of aliphatic carboxylic acids is 1. The number of phenolic OH excluding ortho intramolecular Hbond substituents is 1. The predicted octanol–water partition coefficient (Wildman–Crippen LogP) is 1.48. The number of carbonyl (C=O) groups excluding carboxylic acids is 3. The molecule has 2 aliphatic heterocycles. The monoisotopic (exact) mass is 452 g/mol. The molecule has 0 bridgehead atoms.